The molecule has 23 heavy (non-hydrogen) atoms. The molecular formula is C14H15N5O2S2. The summed E-state index contributed by atoms with van der Waals surface area (Å²) in [7, 11) is 1.57. The summed E-state index contributed by atoms with van der Waals surface area (Å²) in [5.74, 6) is 0.920. The van der Waals surface area contributed by atoms with Crippen LogP contribution in [0.15, 0.2) is 39.5 Å². The third kappa shape index (κ3) is 3.30. The molecule has 0 aliphatic carbocycles. The minimum absolute atomic E-state index is 0.292. The van der Waals surface area contributed by atoms with E-state index < -0.39 is 0 Å². The summed E-state index contributed by atoms with van der Waals surface area (Å²) in [6.07, 6.45) is 1.70. The second-order valence-electron chi connectivity index (χ2n) is 4.57. The fraction of sp³-hybridized carbons (Fsp3) is 0.286. The van der Waals surface area contributed by atoms with E-state index in [0.717, 1.165) is 16.2 Å². The van der Waals surface area contributed by atoms with E-state index in [0.29, 0.717) is 17.5 Å². The summed E-state index contributed by atoms with van der Waals surface area (Å²) < 4.78 is 8.24. The number of tetrazole rings is 1. The standard InChI is InChI=1S/C14H15N5O2S2/c1-3-22-12-6-4-5-11(19-14(20)18(2)16-17-19)10(12)9-21-13-15-7-8-23-13/h4-8H,3,9H2,1-2H3. The lowest BCUT2D eigenvalue weighted by molar-refractivity contribution is 0.301. The van der Waals surface area contributed by atoms with E-state index in [-0.39, 0.29) is 5.69 Å². The Hall–Kier alpha value is -2.13. The number of hydrogen-bond acceptors (Lipinski definition) is 7. The Morgan fingerprint density at radius 3 is 2.87 bits per heavy atom. The Morgan fingerprint density at radius 1 is 1.35 bits per heavy atom. The van der Waals surface area contributed by atoms with Gasteiger partial charge in [0.1, 0.15) is 6.61 Å². The van der Waals surface area contributed by atoms with E-state index in [2.05, 4.69) is 22.3 Å². The van der Waals surface area contributed by atoms with Crippen molar-refractivity contribution in [2.45, 2.75) is 18.4 Å². The minimum Gasteiger partial charge on any atom is -0.465 e. The smallest absolute Gasteiger partial charge is 0.368 e. The Bertz CT molecular complexity index is 841. The number of rotatable bonds is 6. The van der Waals surface area contributed by atoms with Gasteiger partial charge in [-0.2, -0.15) is 9.36 Å². The molecule has 7 nitrogen and oxygen atoms in total. The van der Waals surface area contributed by atoms with Crippen LogP contribution in [0.4, 0.5) is 0 Å². The molecular weight excluding hydrogens is 334 g/mol. The average Bonchev–Trinajstić information content (AvgIpc) is 3.18. The number of aromatic nitrogens is 5. The number of hydrogen-bond donors (Lipinski definition) is 0. The monoisotopic (exact) mass is 349 g/mol. The Balaban J connectivity index is 2.02. The van der Waals surface area contributed by atoms with Crippen molar-refractivity contribution in [2.24, 2.45) is 7.05 Å². The minimum atomic E-state index is -0.292. The topological polar surface area (TPSA) is 74.8 Å². The van der Waals surface area contributed by atoms with Gasteiger partial charge in [0.25, 0.3) is 5.19 Å². The maximum absolute atomic E-state index is 12.2. The molecule has 0 saturated carbocycles. The fourth-order valence-electron chi connectivity index (χ4n) is 2.07. The highest BCUT2D eigenvalue weighted by atomic mass is 32.2. The van der Waals surface area contributed by atoms with Crippen molar-refractivity contribution in [2.75, 3.05) is 5.75 Å². The summed E-state index contributed by atoms with van der Waals surface area (Å²) in [4.78, 5) is 17.3. The number of thiazole rings is 1. The molecule has 2 heterocycles. The van der Waals surface area contributed by atoms with Crippen molar-refractivity contribution in [3.8, 4) is 10.9 Å². The number of aryl methyl sites for hydroxylation is 1. The highest BCUT2D eigenvalue weighted by molar-refractivity contribution is 7.99. The molecule has 0 atom stereocenters. The Kier molecular flexibility index (Phi) is 4.77. The van der Waals surface area contributed by atoms with Crippen LogP contribution in [0.25, 0.3) is 5.69 Å². The second kappa shape index (κ2) is 6.97. The van der Waals surface area contributed by atoms with Crippen molar-refractivity contribution in [3.63, 3.8) is 0 Å². The van der Waals surface area contributed by atoms with E-state index >= 15 is 0 Å². The van der Waals surface area contributed by atoms with Crippen molar-refractivity contribution in [1.29, 1.82) is 0 Å². The van der Waals surface area contributed by atoms with Crippen LogP contribution in [0.5, 0.6) is 5.19 Å². The van der Waals surface area contributed by atoms with Gasteiger partial charge in [0.15, 0.2) is 0 Å². The normalized spacial score (nSPS) is 10.9. The van der Waals surface area contributed by atoms with Crippen molar-refractivity contribution >= 4 is 23.1 Å². The number of thioether (sulfide) groups is 1. The summed E-state index contributed by atoms with van der Waals surface area (Å²) >= 11 is 3.12. The molecule has 2 aromatic heterocycles. The molecule has 0 radical (unpaired) electrons. The van der Waals surface area contributed by atoms with Crippen LogP contribution in [0.3, 0.4) is 0 Å². The molecule has 0 spiro atoms. The summed E-state index contributed by atoms with van der Waals surface area (Å²) in [5.41, 5.74) is 1.29. The lowest BCUT2D eigenvalue weighted by Gasteiger charge is -2.13. The highest BCUT2D eigenvalue weighted by Gasteiger charge is 2.15. The van der Waals surface area contributed by atoms with Gasteiger partial charge in [0.05, 0.1) is 5.69 Å². The molecule has 0 amide bonds. The van der Waals surface area contributed by atoms with Gasteiger partial charge in [0.2, 0.25) is 0 Å². The summed E-state index contributed by atoms with van der Waals surface area (Å²) in [6, 6.07) is 5.76. The second-order valence-corrected chi connectivity index (χ2v) is 6.73. The van der Waals surface area contributed by atoms with Crippen molar-refractivity contribution in [3.05, 3.63) is 45.8 Å². The number of benzene rings is 1. The predicted molar refractivity (Wildman–Crippen MR) is 89.4 cm³/mol. The van der Waals surface area contributed by atoms with Crippen molar-refractivity contribution < 1.29 is 4.74 Å². The molecule has 3 aromatic rings. The zero-order chi connectivity index (χ0) is 16.2. The van der Waals surface area contributed by atoms with Gasteiger partial charge in [-0.1, -0.05) is 24.3 Å². The molecule has 9 heteroatoms. The Labute approximate surface area is 140 Å². The summed E-state index contributed by atoms with van der Waals surface area (Å²) in [5, 5.41) is 10.2. The molecule has 0 aliphatic heterocycles. The van der Waals surface area contributed by atoms with E-state index in [4.69, 9.17) is 4.74 Å². The Morgan fingerprint density at radius 2 is 2.22 bits per heavy atom. The van der Waals surface area contributed by atoms with Crippen LogP contribution in [-0.2, 0) is 13.7 Å². The van der Waals surface area contributed by atoms with Crippen LogP contribution >= 0.6 is 23.1 Å². The largest absolute Gasteiger partial charge is 0.465 e. The first-order valence-electron chi connectivity index (χ1n) is 6.97. The highest BCUT2D eigenvalue weighted by Crippen LogP contribution is 2.28. The van der Waals surface area contributed by atoms with E-state index in [1.165, 1.54) is 20.7 Å². The molecule has 120 valence electrons. The third-order valence-corrected chi connectivity index (χ3v) is 4.77. The lowest BCUT2D eigenvalue weighted by Crippen LogP contribution is -2.23. The molecule has 0 bridgehead atoms. The van der Waals surface area contributed by atoms with Crippen LogP contribution in [0.1, 0.15) is 12.5 Å². The third-order valence-electron chi connectivity index (χ3n) is 3.11. The van der Waals surface area contributed by atoms with Crippen LogP contribution in [0, 0.1) is 0 Å². The molecule has 1 aromatic carbocycles. The van der Waals surface area contributed by atoms with E-state index in [1.54, 1.807) is 25.0 Å². The number of ether oxygens (including phenoxy) is 1. The van der Waals surface area contributed by atoms with Gasteiger partial charge in [-0.15, -0.1) is 11.8 Å². The predicted octanol–water partition coefficient (Wildman–Crippen LogP) is 2.11. The van der Waals surface area contributed by atoms with Gasteiger partial charge >= 0.3 is 5.69 Å². The molecule has 3 rings (SSSR count). The number of nitrogens with zero attached hydrogens (tertiary/aromatic N) is 5. The first-order valence-corrected chi connectivity index (χ1v) is 8.83. The molecule has 0 saturated heterocycles. The average molecular weight is 349 g/mol. The maximum Gasteiger partial charge on any atom is 0.368 e. The molecule has 0 fully saturated rings. The fourth-order valence-corrected chi connectivity index (χ4v) is 3.38. The zero-order valence-corrected chi connectivity index (χ0v) is 14.3. The maximum atomic E-state index is 12.2. The lowest BCUT2D eigenvalue weighted by atomic mass is 10.2. The van der Waals surface area contributed by atoms with Gasteiger partial charge in [-0.05, 0) is 28.3 Å². The SMILES string of the molecule is CCSc1cccc(-n2nnn(C)c2=O)c1COc1nccs1. The van der Waals surface area contributed by atoms with E-state index in [9.17, 15) is 4.79 Å². The quantitative estimate of drug-likeness (QED) is 0.635. The zero-order valence-electron chi connectivity index (χ0n) is 12.7. The molecule has 0 aliphatic rings. The van der Waals surface area contributed by atoms with Gasteiger partial charge in [-0.25, -0.2) is 9.78 Å². The summed E-state index contributed by atoms with van der Waals surface area (Å²) in [6.45, 7) is 2.40. The first-order chi connectivity index (χ1) is 11.2. The van der Waals surface area contributed by atoms with Gasteiger partial charge < -0.3 is 4.74 Å². The van der Waals surface area contributed by atoms with Crippen LogP contribution < -0.4 is 10.4 Å². The van der Waals surface area contributed by atoms with Crippen LogP contribution in [0.2, 0.25) is 0 Å². The van der Waals surface area contributed by atoms with Crippen molar-refractivity contribution in [1.82, 2.24) is 24.8 Å². The van der Waals surface area contributed by atoms with Gasteiger partial charge in [-0.3, -0.25) is 0 Å². The first kappa shape index (κ1) is 15.8. The molecule has 0 unspecified atom stereocenters. The van der Waals surface area contributed by atoms with Crippen LogP contribution in [-0.4, -0.2) is 30.5 Å². The molecule has 0 N–H and O–H groups in total. The van der Waals surface area contributed by atoms with Gasteiger partial charge in [0, 0.05) is 29.1 Å². The van der Waals surface area contributed by atoms with E-state index in [1.807, 2.05) is 23.6 Å².